The van der Waals surface area contributed by atoms with Crippen LogP contribution in [-0.4, -0.2) is 42.3 Å². The van der Waals surface area contributed by atoms with Crippen LogP contribution in [0.3, 0.4) is 0 Å². The third-order valence-corrected chi connectivity index (χ3v) is 3.79. The lowest BCUT2D eigenvalue weighted by molar-refractivity contribution is -0.147. The summed E-state index contributed by atoms with van der Waals surface area (Å²) in [6.07, 6.45) is 4.66. The molecule has 0 bridgehead atoms. The predicted molar refractivity (Wildman–Crippen MR) is 75.8 cm³/mol. The van der Waals surface area contributed by atoms with E-state index in [1.165, 1.54) is 7.11 Å². The average Bonchev–Trinajstić information content (AvgIpc) is 2.62. The summed E-state index contributed by atoms with van der Waals surface area (Å²) >= 11 is 0. The van der Waals surface area contributed by atoms with Gasteiger partial charge in [-0.25, -0.2) is 9.59 Å². The summed E-state index contributed by atoms with van der Waals surface area (Å²) in [5.74, 6) is -1.28. The highest BCUT2D eigenvalue weighted by molar-refractivity contribution is 5.86. The van der Waals surface area contributed by atoms with Gasteiger partial charge < -0.3 is 20.5 Å². The van der Waals surface area contributed by atoms with Crippen molar-refractivity contribution >= 4 is 18.0 Å². The first kappa shape index (κ1) is 17.3. The van der Waals surface area contributed by atoms with Crippen molar-refractivity contribution in [1.82, 2.24) is 10.6 Å². The van der Waals surface area contributed by atoms with Crippen LogP contribution in [0.2, 0.25) is 0 Å². The number of carbonyl (C=O) groups is 3. The Morgan fingerprint density at radius 2 is 1.95 bits per heavy atom. The quantitative estimate of drug-likeness (QED) is 0.524. The van der Waals surface area contributed by atoms with E-state index in [0.29, 0.717) is 5.92 Å². The summed E-state index contributed by atoms with van der Waals surface area (Å²) in [6, 6.07) is -1.77. The zero-order valence-corrected chi connectivity index (χ0v) is 12.6. The van der Waals surface area contributed by atoms with Gasteiger partial charge in [-0.1, -0.05) is 19.8 Å². The Morgan fingerprint density at radius 3 is 2.57 bits per heavy atom. The molecule has 2 amide bonds. The van der Waals surface area contributed by atoms with Gasteiger partial charge in [0, 0.05) is 6.04 Å². The Kier molecular flexibility index (Phi) is 6.98. The predicted octanol–water partition coefficient (Wildman–Crippen LogP) is 1.27. The van der Waals surface area contributed by atoms with E-state index in [0.717, 1.165) is 32.1 Å². The summed E-state index contributed by atoms with van der Waals surface area (Å²) in [7, 11) is 1.17. The molecule has 1 fully saturated rings. The second kappa shape index (κ2) is 8.49. The highest BCUT2D eigenvalue weighted by Crippen LogP contribution is 2.22. The maximum atomic E-state index is 11.9. The minimum atomic E-state index is -1.28. The number of esters is 1. The molecule has 3 N–H and O–H groups in total. The van der Waals surface area contributed by atoms with Gasteiger partial charge in [0.15, 0.2) is 0 Å². The lowest BCUT2D eigenvalue weighted by Crippen LogP contribution is -2.49. The SMILES string of the molecule is COC(=O)C[C@H](NC(=O)NC1CCCC(C)CC1)C(=O)O. The second-order valence-corrected chi connectivity index (χ2v) is 5.60. The number of methoxy groups -OCH3 is 1. The van der Waals surface area contributed by atoms with Crippen LogP contribution >= 0.6 is 0 Å². The molecule has 0 radical (unpaired) electrons. The van der Waals surface area contributed by atoms with Crippen LogP contribution in [0, 0.1) is 5.92 Å². The summed E-state index contributed by atoms with van der Waals surface area (Å²) in [5, 5.41) is 14.1. The van der Waals surface area contributed by atoms with Crippen LogP contribution in [0.15, 0.2) is 0 Å². The number of hydrogen-bond donors (Lipinski definition) is 3. The maximum Gasteiger partial charge on any atom is 0.326 e. The zero-order chi connectivity index (χ0) is 15.8. The summed E-state index contributed by atoms with van der Waals surface area (Å²) in [5.41, 5.74) is 0. The Morgan fingerprint density at radius 1 is 1.24 bits per heavy atom. The van der Waals surface area contributed by atoms with Crippen molar-refractivity contribution in [1.29, 1.82) is 0 Å². The Balaban J connectivity index is 2.46. The van der Waals surface area contributed by atoms with Gasteiger partial charge in [0.1, 0.15) is 6.04 Å². The van der Waals surface area contributed by atoms with Crippen molar-refractivity contribution in [2.45, 2.75) is 57.5 Å². The van der Waals surface area contributed by atoms with E-state index >= 15 is 0 Å². The van der Waals surface area contributed by atoms with Gasteiger partial charge in [0.25, 0.3) is 0 Å². The molecule has 1 saturated carbocycles. The van der Waals surface area contributed by atoms with Crippen molar-refractivity contribution in [2.24, 2.45) is 5.92 Å². The third-order valence-electron chi connectivity index (χ3n) is 3.79. The molecular formula is C14H24N2O5. The number of nitrogens with one attached hydrogen (secondary N) is 2. The molecule has 0 saturated heterocycles. The van der Waals surface area contributed by atoms with Gasteiger partial charge in [0.2, 0.25) is 0 Å². The Labute approximate surface area is 124 Å². The Hall–Kier alpha value is -1.79. The van der Waals surface area contributed by atoms with Gasteiger partial charge in [-0.05, 0) is 25.2 Å². The van der Waals surface area contributed by atoms with Gasteiger partial charge in [0.05, 0.1) is 13.5 Å². The summed E-state index contributed by atoms with van der Waals surface area (Å²) < 4.78 is 4.42. The summed E-state index contributed by atoms with van der Waals surface area (Å²) in [4.78, 5) is 34.0. The molecule has 1 aliphatic carbocycles. The molecule has 120 valence electrons. The van der Waals surface area contributed by atoms with Crippen LogP contribution in [-0.2, 0) is 14.3 Å². The molecule has 7 heteroatoms. The molecule has 3 atom stereocenters. The second-order valence-electron chi connectivity index (χ2n) is 5.60. The molecule has 0 spiro atoms. The molecule has 7 nitrogen and oxygen atoms in total. The van der Waals surface area contributed by atoms with Crippen molar-refractivity contribution in [2.75, 3.05) is 7.11 Å². The van der Waals surface area contributed by atoms with Crippen molar-refractivity contribution in [3.05, 3.63) is 0 Å². The number of amides is 2. The smallest absolute Gasteiger partial charge is 0.326 e. The molecule has 21 heavy (non-hydrogen) atoms. The maximum absolute atomic E-state index is 11.9. The highest BCUT2D eigenvalue weighted by Gasteiger charge is 2.25. The van der Waals surface area contributed by atoms with E-state index in [9.17, 15) is 14.4 Å². The van der Waals surface area contributed by atoms with E-state index in [4.69, 9.17) is 5.11 Å². The fourth-order valence-corrected chi connectivity index (χ4v) is 2.47. The van der Waals surface area contributed by atoms with E-state index in [-0.39, 0.29) is 12.5 Å². The largest absolute Gasteiger partial charge is 0.480 e. The molecular weight excluding hydrogens is 276 g/mol. The Bertz CT molecular complexity index is 386. The normalized spacial score (nSPS) is 23.5. The first-order chi connectivity index (χ1) is 9.92. The fraction of sp³-hybridized carbons (Fsp3) is 0.786. The molecule has 0 aliphatic heterocycles. The molecule has 0 heterocycles. The van der Waals surface area contributed by atoms with Crippen LogP contribution < -0.4 is 10.6 Å². The van der Waals surface area contributed by atoms with Crippen LogP contribution in [0.1, 0.15) is 45.4 Å². The molecule has 0 aromatic rings. The van der Waals surface area contributed by atoms with E-state index in [2.05, 4.69) is 22.3 Å². The topological polar surface area (TPSA) is 105 Å². The molecule has 0 aromatic heterocycles. The lowest BCUT2D eigenvalue weighted by Gasteiger charge is -2.19. The van der Waals surface area contributed by atoms with Crippen LogP contribution in [0.4, 0.5) is 4.79 Å². The summed E-state index contributed by atoms with van der Waals surface area (Å²) in [6.45, 7) is 2.19. The van der Waals surface area contributed by atoms with Crippen LogP contribution in [0.5, 0.6) is 0 Å². The first-order valence-corrected chi connectivity index (χ1v) is 7.29. The minimum Gasteiger partial charge on any atom is -0.480 e. The van der Waals surface area contributed by atoms with E-state index < -0.39 is 24.0 Å². The van der Waals surface area contributed by atoms with Gasteiger partial charge in [-0.3, -0.25) is 4.79 Å². The zero-order valence-electron chi connectivity index (χ0n) is 12.6. The average molecular weight is 300 g/mol. The molecule has 2 unspecified atom stereocenters. The number of carboxylic acids is 1. The standard InChI is InChI=1S/C14H24N2O5/c1-9-4-3-5-10(7-6-9)15-14(20)16-11(13(18)19)8-12(17)21-2/h9-11H,3-8H2,1-2H3,(H,18,19)(H2,15,16,20)/t9?,10?,11-/m0/s1. The number of rotatable bonds is 5. The number of hydrogen-bond acceptors (Lipinski definition) is 4. The number of ether oxygens (including phenoxy) is 1. The third kappa shape index (κ3) is 6.46. The highest BCUT2D eigenvalue weighted by atomic mass is 16.5. The molecule has 0 aromatic carbocycles. The van der Waals surface area contributed by atoms with Crippen molar-refractivity contribution in [3.63, 3.8) is 0 Å². The van der Waals surface area contributed by atoms with E-state index in [1.54, 1.807) is 0 Å². The van der Waals surface area contributed by atoms with Crippen molar-refractivity contribution in [3.8, 4) is 0 Å². The number of urea groups is 1. The van der Waals surface area contributed by atoms with E-state index in [1.807, 2.05) is 0 Å². The first-order valence-electron chi connectivity index (χ1n) is 7.29. The lowest BCUT2D eigenvalue weighted by atomic mass is 10.0. The van der Waals surface area contributed by atoms with Crippen LogP contribution in [0.25, 0.3) is 0 Å². The molecule has 1 rings (SSSR count). The fourth-order valence-electron chi connectivity index (χ4n) is 2.47. The number of aliphatic carboxylic acids is 1. The monoisotopic (exact) mass is 300 g/mol. The number of carboxylic acid groups (broad SMARTS) is 1. The van der Waals surface area contributed by atoms with Crippen molar-refractivity contribution < 1.29 is 24.2 Å². The van der Waals surface area contributed by atoms with Gasteiger partial charge in [-0.2, -0.15) is 0 Å². The van der Waals surface area contributed by atoms with Gasteiger partial charge >= 0.3 is 18.0 Å². The van der Waals surface area contributed by atoms with Gasteiger partial charge in [-0.15, -0.1) is 0 Å². The minimum absolute atomic E-state index is 0.0579. The number of carbonyl (C=O) groups excluding carboxylic acids is 2. The molecule has 1 aliphatic rings.